The van der Waals surface area contributed by atoms with Crippen LogP contribution < -0.4 is 0 Å². The van der Waals surface area contributed by atoms with Crippen molar-refractivity contribution in [3.8, 4) is 0 Å². The second-order valence-electron chi connectivity index (χ2n) is 7.15. The van der Waals surface area contributed by atoms with E-state index in [0.717, 1.165) is 19.3 Å². The van der Waals surface area contributed by atoms with E-state index < -0.39 is 0 Å². The molecular weight excluding hydrogens is 208 g/mol. The van der Waals surface area contributed by atoms with Gasteiger partial charge in [0.05, 0.1) is 0 Å². The maximum atomic E-state index is 12.3. The van der Waals surface area contributed by atoms with Gasteiger partial charge in [-0.3, -0.25) is 4.79 Å². The molecule has 2 rings (SSSR count). The predicted octanol–water partition coefficient (Wildman–Crippen LogP) is 4.37. The van der Waals surface area contributed by atoms with E-state index in [2.05, 4.69) is 41.5 Å². The molecule has 0 aliphatic heterocycles. The Kier molecular flexibility index (Phi) is 2.80. The standard InChI is InChI=1S/C16H26O/c1-10-11(2)16(5,6)14-12(15(10,3)4)8-7-9-13(14)17/h10-11H,7-9H2,1-6H3/t10-,11-/m0/s1. The fourth-order valence-corrected chi connectivity index (χ4v) is 3.99. The molecule has 0 amide bonds. The third-order valence-electron chi connectivity index (χ3n) is 5.86. The number of carbonyl (C=O) groups excluding carboxylic acids is 1. The molecule has 17 heavy (non-hydrogen) atoms. The molecule has 0 aromatic rings. The lowest BCUT2D eigenvalue weighted by Crippen LogP contribution is -2.46. The molecule has 0 bridgehead atoms. The summed E-state index contributed by atoms with van der Waals surface area (Å²) in [6.45, 7) is 13.9. The Morgan fingerprint density at radius 3 is 2.06 bits per heavy atom. The van der Waals surface area contributed by atoms with Crippen LogP contribution in [0.4, 0.5) is 0 Å². The number of hydrogen-bond acceptors (Lipinski definition) is 1. The summed E-state index contributed by atoms with van der Waals surface area (Å²) in [5, 5.41) is 0. The molecule has 0 saturated carbocycles. The second kappa shape index (κ2) is 3.70. The van der Waals surface area contributed by atoms with E-state index in [9.17, 15) is 4.79 Å². The summed E-state index contributed by atoms with van der Waals surface area (Å²) in [5.41, 5.74) is 2.89. The van der Waals surface area contributed by atoms with E-state index in [4.69, 9.17) is 0 Å². The van der Waals surface area contributed by atoms with Crippen molar-refractivity contribution in [3.05, 3.63) is 11.1 Å². The molecule has 1 heteroatoms. The minimum Gasteiger partial charge on any atom is -0.295 e. The lowest BCUT2D eigenvalue weighted by molar-refractivity contribution is -0.118. The molecule has 0 fully saturated rings. The third kappa shape index (κ3) is 1.62. The van der Waals surface area contributed by atoms with Crippen molar-refractivity contribution in [3.63, 3.8) is 0 Å². The molecule has 2 aliphatic carbocycles. The number of hydrogen-bond donors (Lipinski definition) is 0. The van der Waals surface area contributed by atoms with Gasteiger partial charge in [-0.2, -0.15) is 0 Å². The molecule has 1 nitrogen and oxygen atoms in total. The molecule has 0 unspecified atom stereocenters. The first kappa shape index (κ1) is 12.9. The van der Waals surface area contributed by atoms with Crippen LogP contribution in [-0.4, -0.2) is 5.78 Å². The molecule has 0 radical (unpaired) electrons. The van der Waals surface area contributed by atoms with Gasteiger partial charge in [0, 0.05) is 12.0 Å². The van der Waals surface area contributed by atoms with Gasteiger partial charge in [-0.05, 0) is 35.5 Å². The van der Waals surface area contributed by atoms with Gasteiger partial charge < -0.3 is 0 Å². The van der Waals surface area contributed by atoms with Crippen LogP contribution in [0.2, 0.25) is 0 Å². The van der Waals surface area contributed by atoms with Crippen LogP contribution >= 0.6 is 0 Å². The lowest BCUT2D eigenvalue weighted by Gasteiger charge is -2.53. The van der Waals surface area contributed by atoms with E-state index in [0.29, 0.717) is 17.6 Å². The first-order valence-corrected chi connectivity index (χ1v) is 6.98. The van der Waals surface area contributed by atoms with E-state index in [1.807, 2.05) is 0 Å². The van der Waals surface area contributed by atoms with Gasteiger partial charge in [0.25, 0.3) is 0 Å². The van der Waals surface area contributed by atoms with Gasteiger partial charge in [0.2, 0.25) is 0 Å². The van der Waals surface area contributed by atoms with Gasteiger partial charge in [-0.25, -0.2) is 0 Å². The number of ketones is 1. The van der Waals surface area contributed by atoms with Crippen molar-refractivity contribution < 1.29 is 4.79 Å². The zero-order valence-corrected chi connectivity index (χ0v) is 12.2. The van der Waals surface area contributed by atoms with Gasteiger partial charge in [0.15, 0.2) is 5.78 Å². The van der Waals surface area contributed by atoms with Gasteiger partial charge in [-0.15, -0.1) is 0 Å². The van der Waals surface area contributed by atoms with Gasteiger partial charge >= 0.3 is 0 Å². The highest BCUT2D eigenvalue weighted by molar-refractivity contribution is 5.98. The average molecular weight is 234 g/mol. The normalized spacial score (nSPS) is 35.8. The summed E-state index contributed by atoms with van der Waals surface area (Å²) < 4.78 is 0. The molecule has 2 aliphatic rings. The van der Waals surface area contributed by atoms with Crippen LogP contribution in [-0.2, 0) is 4.79 Å². The Labute approximate surface area is 106 Å². The van der Waals surface area contributed by atoms with Crippen LogP contribution in [0.1, 0.15) is 60.8 Å². The molecule has 2 atom stereocenters. The predicted molar refractivity (Wildman–Crippen MR) is 71.8 cm³/mol. The molecule has 0 heterocycles. The van der Waals surface area contributed by atoms with Crippen molar-refractivity contribution >= 4 is 5.78 Å². The Morgan fingerprint density at radius 2 is 1.47 bits per heavy atom. The van der Waals surface area contributed by atoms with Crippen molar-refractivity contribution in [2.24, 2.45) is 22.7 Å². The number of rotatable bonds is 0. The Hall–Kier alpha value is -0.590. The fourth-order valence-electron chi connectivity index (χ4n) is 3.99. The van der Waals surface area contributed by atoms with Gasteiger partial charge in [-0.1, -0.05) is 47.1 Å². The smallest absolute Gasteiger partial charge is 0.159 e. The average Bonchev–Trinajstić information content (AvgIpc) is 2.24. The summed E-state index contributed by atoms with van der Waals surface area (Å²) in [4.78, 5) is 12.3. The molecule has 0 aromatic heterocycles. The third-order valence-corrected chi connectivity index (χ3v) is 5.86. The topological polar surface area (TPSA) is 17.1 Å². The van der Waals surface area contributed by atoms with Crippen molar-refractivity contribution in [2.45, 2.75) is 60.8 Å². The molecule has 0 aromatic carbocycles. The molecular formula is C16H26O. The van der Waals surface area contributed by atoms with Gasteiger partial charge in [0.1, 0.15) is 0 Å². The van der Waals surface area contributed by atoms with E-state index >= 15 is 0 Å². The summed E-state index contributed by atoms with van der Waals surface area (Å²) in [7, 11) is 0. The zero-order valence-electron chi connectivity index (χ0n) is 12.2. The molecule has 0 N–H and O–H groups in total. The molecule has 0 saturated heterocycles. The van der Waals surface area contributed by atoms with Crippen molar-refractivity contribution in [1.29, 1.82) is 0 Å². The van der Waals surface area contributed by atoms with Crippen LogP contribution in [0.25, 0.3) is 0 Å². The lowest BCUT2D eigenvalue weighted by atomic mass is 9.51. The Morgan fingerprint density at radius 1 is 0.941 bits per heavy atom. The van der Waals surface area contributed by atoms with Crippen LogP contribution in [0.3, 0.4) is 0 Å². The maximum absolute atomic E-state index is 12.3. The summed E-state index contributed by atoms with van der Waals surface area (Å²) in [5.74, 6) is 1.63. The van der Waals surface area contributed by atoms with E-state index in [1.165, 1.54) is 11.1 Å². The zero-order chi connectivity index (χ0) is 13.0. The fraction of sp³-hybridized carbons (Fsp3) is 0.812. The number of allylic oxidation sites excluding steroid dienone is 2. The highest BCUT2D eigenvalue weighted by atomic mass is 16.1. The highest BCUT2D eigenvalue weighted by Gasteiger charge is 2.50. The Balaban J connectivity index is 2.66. The summed E-state index contributed by atoms with van der Waals surface area (Å²) in [6.07, 6.45) is 2.95. The molecule has 96 valence electrons. The SMILES string of the molecule is C[C@H]1[C@H](C)C(C)(C)C2=C(CCCC2=O)C1(C)C. The minimum absolute atomic E-state index is 0.0573. The van der Waals surface area contributed by atoms with Crippen LogP contribution in [0.15, 0.2) is 11.1 Å². The maximum Gasteiger partial charge on any atom is 0.159 e. The summed E-state index contributed by atoms with van der Waals surface area (Å²) in [6, 6.07) is 0. The van der Waals surface area contributed by atoms with Crippen LogP contribution in [0.5, 0.6) is 0 Å². The summed E-state index contributed by atoms with van der Waals surface area (Å²) >= 11 is 0. The van der Waals surface area contributed by atoms with Crippen molar-refractivity contribution in [2.75, 3.05) is 0 Å². The second-order valence-corrected chi connectivity index (χ2v) is 7.15. The van der Waals surface area contributed by atoms with Crippen molar-refractivity contribution in [1.82, 2.24) is 0 Å². The quantitative estimate of drug-likeness (QED) is 0.608. The van der Waals surface area contributed by atoms with E-state index in [1.54, 1.807) is 0 Å². The monoisotopic (exact) mass is 234 g/mol. The first-order chi connectivity index (χ1) is 7.70. The Bertz CT molecular complexity index is 384. The number of Topliss-reactive ketones (excluding diaryl/α,β-unsaturated/α-hetero) is 1. The van der Waals surface area contributed by atoms with Crippen LogP contribution in [0, 0.1) is 22.7 Å². The highest BCUT2D eigenvalue weighted by Crippen LogP contribution is 2.57. The largest absolute Gasteiger partial charge is 0.295 e. The van der Waals surface area contributed by atoms with E-state index in [-0.39, 0.29) is 10.8 Å². The molecule has 0 spiro atoms. The number of carbonyl (C=O) groups is 1. The first-order valence-electron chi connectivity index (χ1n) is 6.98. The minimum atomic E-state index is 0.0573.